The maximum absolute atomic E-state index is 11.4. The molecule has 0 saturated carbocycles. The molecule has 0 fully saturated rings. The first-order chi connectivity index (χ1) is 14.7. The van der Waals surface area contributed by atoms with Crippen LogP contribution in [0, 0.1) is 0 Å². The minimum Gasteiger partial charge on any atom is -0.481 e. The molecule has 1 unspecified atom stereocenters. The van der Waals surface area contributed by atoms with Crippen LogP contribution in [0.2, 0.25) is 0 Å². The van der Waals surface area contributed by atoms with Gasteiger partial charge in [0.15, 0.2) is 0 Å². The van der Waals surface area contributed by atoms with Crippen LogP contribution in [-0.4, -0.2) is 27.6 Å². The van der Waals surface area contributed by atoms with E-state index >= 15 is 0 Å². The Hall–Kier alpha value is -2.18. The molecule has 0 radical (unpaired) electrons. The van der Waals surface area contributed by atoms with Crippen molar-refractivity contribution in [2.75, 3.05) is 11.9 Å². The molecule has 0 spiro atoms. The molecular formula is C24H30ClN3O2S. The lowest BCUT2D eigenvalue weighted by Gasteiger charge is -2.17. The predicted molar refractivity (Wildman–Crippen MR) is 130 cm³/mol. The van der Waals surface area contributed by atoms with Gasteiger partial charge < -0.3 is 10.4 Å². The Morgan fingerprint density at radius 1 is 1.10 bits per heavy atom. The van der Waals surface area contributed by atoms with Gasteiger partial charge in [0.1, 0.15) is 5.82 Å². The zero-order valence-corrected chi connectivity index (χ0v) is 19.3. The van der Waals surface area contributed by atoms with Gasteiger partial charge in [0, 0.05) is 18.2 Å². The average molecular weight is 460 g/mol. The first kappa shape index (κ1) is 23.5. The standard InChI is InChI=1S/C24H29N3O2S.ClH/c28-22(29)16-18(24-27-20-11-5-6-12-21(20)30-24)8-3-1-2-4-10-19-14-13-17-9-7-15-25-23(17)26-19;/h5-6,11-14,18H,1-4,7-10,15-16H2,(H,25,26)(H,28,29);1H. The van der Waals surface area contributed by atoms with Crippen molar-refractivity contribution in [3.63, 3.8) is 0 Å². The highest BCUT2D eigenvalue weighted by molar-refractivity contribution is 7.18. The molecule has 0 saturated heterocycles. The number of carboxylic acid groups (broad SMARTS) is 1. The van der Waals surface area contributed by atoms with Crippen molar-refractivity contribution in [3.05, 3.63) is 52.7 Å². The lowest BCUT2D eigenvalue weighted by Crippen LogP contribution is -2.13. The fourth-order valence-electron chi connectivity index (χ4n) is 4.15. The smallest absolute Gasteiger partial charge is 0.304 e. The molecule has 0 aliphatic carbocycles. The monoisotopic (exact) mass is 459 g/mol. The Morgan fingerprint density at radius 2 is 1.94 bits per heavy atom. The summed E-state index contributed by atoms with van der Waals surface area (Å²) in [5.74, 6) is 0.339. The molecule has 2 N–H and O–H groups in total. The number of thiazole rings is 1. The van der Waals surface area contributed by atoms with E-state index in [1.54, 1.807) is 11.3 Å². The summed E-state index contributed by atoms with van der Waals surface area (Å²) in [6, 6.07) is 12.4. The Kier molecular flexibility index (Phi) is 8.67. The van der Waals surface area contributed by atoms with E-state index in [9.17, 15) is 9.90 Å². The Bertz CT molecular complexity index is 974. The fraction of sp³-hybridized carbons (Fsp3) is 0.458. The minimum atomic E-state index is -0.744. The number of nitrogens with zero attached hydrogens (tertiary/aromatic N) is 2. The second kappa shape index (κ2) is 11.4. The summed E-state index contributed by atoms with van der Waals surface area (Å²) in [5.41, 5.74) is 3.48. The van der Waals surface area contributed by atoms with Gasteiger partial charge >= 0.3 is 5.97 Å². The van der Waals surface area contributed by atoms with Gasteiger partial charge in [0.2, 0.25) is 0 Å². The van der Waals surface area contributed by atoms with E-state index < -0.39 is 5.97 Å². The summed E-state index contributed by atoms with van der Waals surface area (Å²) in [7, 11) is 0. The SMILES string of the molecule is Cl.O=C(O)CC(CCCCCCc1ccc2c(n1)NCCC2)c1nc2ccccc2s1. The summed E-state index contributed by atoms with van der Waals surface area (Å²) in [5, 5.41) is 13.7. The summed E-state index contributed by atoms with van der Waals surface area (Å²) in [4.78, 5) is 20.8. The lowest BCUT2D eigenvalue weighted by atomic mass is 9.97. The topological polar surface area (TPSA) is 75.1 Å². The predicted octanol–water partition coefficient (Wildman–Crippen LogP) is 6.22. The largest absolute Gasteiger partial charge is 0.481 e. The number of carbonyl (C=O) groups is 1. The summed E-state index contributed by atoms with van der Waals surface area (Å²) in [6.45, 7) is 1.02. The zero-order chi connectivity index (χ0) is 20.8. The zero-order valence-electron chi connectivity index (χ0n) is 17.7. The van der Waals surface area contributed by atoms with E-state index in [1.807, 2.05) is 18.2 Å². The van der Waals surface area contributed by atoms with Crippen molar-refractivity contribution in [1.29, 1.82) is 0 Å². The normalized spacial score (nSPS) is 13.8. The minimum absolute atomic E-state index is 0. The van der Waals surface area contributed by atoms with Crippen LogP contribution in [0.1, 0.15) is 67.1 Å². The van der Waals surface area contributed by atoms with E-state index in [4.69, 9.17) is 9.97 Å². The molecule has 3 aromatic rings. The Labute approximate surface area is 193 Å². The van der Waals surface area contributed by atoms with Crippen molar-refractivity contribution < 1.29 is 9.90 Å². The van der Waals surface area contributed by atoms with Crippen LogP contribution in [0.25, 0.3) is 10.2 Å². The first-order valence-corrected chi connectivity index (χ1v) is 11.8. The quantitative estimate of drug-likeness (QED) is 0.352. The second-order valence-corrected chi connectivity index (χ2v) is 9.17. The molecule has 7 heteroatoms. The maximum Gasteiger partial charge on any atom is 0.304 e. The number of hydrogen-bond acceptors (Lipinski definition) is 5. The van der Waals surface area contributed by atoms with Crippen molar-refractivity contribution in [3.8, 4) is 0 Å². The van der Waals surface area contributed by atoms with Crippen LogP contribution in [0.5, 0.6) is 0 Å². The number of aliphatic carboxylic acids is 1. The molecule has 1 aromatic carbocycles. The molecule has 4 rings (SSSR count). The number of rotatable bonds is 10. The third kappa shape index (κ3) is 6.40. The number of unbranched alkanes of at least 4 members (excludes halogenated alkanes) is 3. The number of halogens is 1. The van der Waals surface area contributed by atoms with Gasteiger partial charge in [-0.05, 0) is 55.9 Å². The number of pyridine rings is 1. The van der Waals surface area contributed by atoms with Crippen LogP contribution in [0.4, 0.5) is 5.82 Å². The number of aryl methyl sites for hydroxylation is 2. The molecule has 166 valence electrons. The molecule has 0 amide bonds. The summed E-state index contributed by atoms with van der Waals surface area (Å²) >= 11 is 1.64. The molecule has 1 atom stereocenters. The van der Waals surface area contributed by atoms with E-state index in [0.29, 0.717) is 0 Å². The van der Waals surface area contributed by atoms with Gasteiger partial charge in [0.25, 0.3) is 0 Å². The second-order valence-electron chi connectivity index (χ2n) is 8.11. The number of benzene rings is 1. The van der Waals surface area contributed by atoms with Crippen molar-refractivity contribution >= 4 is 45.7 Å². The van der Waals surface area contributed by atoms with E-state index in [0.717, 1.165) is 72.5 Å². The van der Waals surface area contributed by atoms with Gasteiger partial charge in [0.05, 0.1) is 21.6 Å². The lowest BCUT2D eigenvalue weighted by molar-refractivity contribution is -0.137. The molecule has 1 aliphatic heterocycles. The summed E-state index contributed by atoms with van der Waals surface area (Å²) < 4.78 is 1.13. The molecule has 3 heterocycles. The van der Waals surface area contributed by atoms with Gasteiger partial charge in [-0.1, -0.05) is 37.5 Å². The number of para-hydroxylation sites is 1. The number of hydrogen-bond donors (Lipinski definition) is 2. The van der Waals surface area contributed by atoms with E-state index in [2.05, 4.69) is 23.5 Å². The number of aromatic nitrogens is 2. The number of nitrogens with one attached hydrogen (secondary N) is 1. The van der Waals surface area contributed by atoms with Gasteiger partial charge in [-0.15, -0.1) is 23.7 Å². The first-order valence-electron chi connectivity index (χ1n) is 11.0. The van der Waals surface area contributed by atoms with Crippen LogP contribution in [-0.2, 0) is 17.6 Å². The van der Waals surface area contributed by atoms with Crippen LogP contribution in [0.3, 0.4) is 0 Å². The molecule has 31 heavy (non-hydrogen) atoms. The third-order valence-corrected chi connectivity index (χ3v) is 6.97. The van der Waals surface area contributed by atoms with Gasteiger partial charge in [-0.25, -0.2) is 9.97 Å². The highest BCUT2D eigenvalue weighted by Gasteiger charge is 2.19. The average Bonchev–Trinajstić information content (AvgIpc) is 3.19. The Morgan fingerprint density at radius 3 is 2.77 bits per heavy atom. The van der Waals surface area contributed by atoms with Crippen molar-refractivity contribution in [2.24, 2.45) is 0 Å². The number of carboxylic acids is 1. The van der Waals surface area contributed by atoms with E-state index in [1.165, 1.54) is 17.7 Å². The van der Waals surface area contributed by atoms with Gasteiger partial charge in [-0.3, -0.25) is 4.79 Å². The Balaban J connectivity index is 0.00000272. The molecule has 2 aromatic heterocycles. The molecular weight excluding hydrogens is 430 g/mol. The van der Waals surface area contributed by atoms with Gasteiger partial charge in [-0.2, -0.15) is 0 Å². The number of fused-ring (bicyclic) bond motifs is 2. The van der Waals surface area contributed by atoms with Crippen LogP contribution in [0.15, 0.2) is 36.4 Å². The highest BCUT2D eigenvalue weighted by atomic mass is 35.5. The highest BCUT2D eigenvalue weighted by Crippen LogP contribution is 2.33. The van der Waals surface area contributed by atoms with Crippen LogP contribution < -0.4 is 5.32 Å². The van der Waals surface area contributed by atoms with Crippen molar-refractivity contribution in [1.82, 2.24) is 9.97 Å². The summed E-state index contributed by atoms with van der Waals surface area (Å²) in [6.07, 6.45) is 8.78. The van der Waals surface area contributed by atoms with Crippen molar-refractivity contribution in [2.45, 2.75) is 63.7 Å². The molecule has 1 aliphatic rings. The fourth-order valence-corrected chi connectivity index (χ4v) is 5.25. The number of anilines is 1. The maximum atomic E-state index is 11.4. The van der Waals surface area contributed by atoms with E-state index in [-0.39, 0.29) is 24.7 Å². The van der Waals surface area contributed by atoms with Crippen LogP contribution >= 0.6 is 23.7 Å². The molecule has 5 nitrogen and oxygen atoms in total. The molecule has 0 bridgehead atoms. The third-order valence-electron chi connectivity index (χ3n) is 5.77.